The number of halogens is 3. The molecule has 2 aliphatic rings. The number of anilines is 2. The maximum Gasteiger partial charge on any atom is 0.487 e. The number of fused-ring (bicyclic) bond motifs is 2. The van der Waals surface area contributed by atoms with E-state index in [1.165, 1.54) is 24.3 Å². The summed E-state index contributed by atoms with van der Waals surface area (Å²) in [5.74, 6) is -1.23. The summed E-state index contributed by atoms with van der Waals surface area (Å²) >= 11 is 4.74. The Morgan fingerprint density at radius 1 is 1.24 bits per heavy atom. The van der Waals surface area contributed by atoms with E-state index in [0.717, 1.165) is 5.56 Å². The molecule has 1 saturated carbocycles. The first-order chi connectivity index (χ1) is 16.2. The van der Waals surface area contributed by atoms with Gasteiger partial charge in [0.15, 0.2) is 5.78 Å². The number of nitrogens with zero attached hydrogens (tertiary/aromatic N) is 1. The Hall–Kier alpha value is -3.50. The molecular formula is C23H19ClF2N4O4. The van der Waals surface area contributed by atoms with Gasteiger partial charge >= 0.3 is 5.57 Å². The van der Waals surface area contributed by atoms with Crippen molar-refractivity contribution < 1.29 is 28.2 Å². The van der Waals surface area contributed by atoms with Gasteiger partial charge in [0.05, 0.1) is 5.41 Å². The number of alkyl halides is 3. The van der Waals surface area contributed by atoms with Crippen LogP contribution in [0.4, 0.5) is 20.2 Å². The molecule has 3 atom stereocenters. The number of Topliss-reactive ketones (excluding diaryl/α,β-unsaturated/α-hetero) is 1. The van der Waals surface area contributed by atoms with E-state index in [-0.39, 0.29) is 11.5 Å². The first kappa shape index (κ1) is 22.3. The molecule has 2 heterocycles. The molecule has 0 bridgehead atoms. The second-order valence-corrected chi connectivity index (χ2v) is 8.79. The van der Waals surface area contributed by atoms with Crippen molar-refractivity contribution in [2.75, 3.05) is 17.2 Å². The van der Waals surface area contributed by atoms with E-state index in [1.807, 2.05) is 0 Å². The van der Waals surface area contributed by atoms with E-state index < -0.39 is 28.9 Å². The van der Waals surface area contributed by atoms with Crippen LogP contribution in [0.15, 0.2) is 54.7 Å². The number of aromatic nitrogens is 2. The molecular weight excluding hydrogens is 470 g/mol. The zero-order valence-electron chi connectivity index (χ0n) is 17.5. The van der Waals surface area contributed by atoms with Gasteiger partial charge < -0.3 is 20.5 Å². The lowest BCUT2D eigenvalue weighted by atomic mass is 9.78. The Balaban J connectivity index is 1.33. The normalized spacial score (nSPS) is 23.6. The van der Waals surface area contributed by atoms with Crippen molar-refractivity contribution in [2.24, 2.45) is 0 Å². The predicted octanol–water partition coefficient (Wildman–Crippen LogP) is 3.61. The van der Waals surface area contributed by atoms with Crippen LogP contribution in [0.25, 0.3) is 0 Å². The maximum absolute atomic E-state index is 13.1. The number of H-pyrrole nitrogens is 1. The molecule has 8 nitrogen and oxygen atoms in total. The van der Waals surface area contributed by atoms with Crippen LogP contribution in [0.1, 0.15) is 34.0 Å². The molecule has 3 aromatic rings. The molecule has 0 saturated heterocycles. The van der Waals surface area contributed by atoms with E-state index in [4.69, 9.17) is 11.6 Å². The molecule has 0 radical (unpaired) electrons. The molecule has 1 aliphatic carbocycles. The van der Waals surface area contributed by atoms with Crippen molar-refractivity contribution in [1.29, 1.82) is 0 Å². The number of ketones is 1. The number of benzene rings is 2. The van der Waals surface area contributed by atoms with Gasteiger partial charge in [0.1, 0.15) is 11.9 Å². The summed E-state index contributed by atoms with van der Waals surface area (Å²) in [6.07, 6.45) is 0.843. The summed E-state index contributed by atoms with van der Waals surface area (Å²) in [4.78, 5) is 25.8. The summed E-state index contributed by atoms with van der Waals surface area (Å²) in [7, 11) is 0. The van der Waals surface area contributed by atoms with Crippen LogP contribution in [-0.4, -0.2) is 45.2 Å². The standard InChI is InChI=1S/C23H19ClF2N4O4/c24-23(25,26)34-14-4-2-13(3-5-14)29-21(33)12-1-6-16-18(9-12)27-11-22(16)10-15(19(31)20(22)32)17-7-8-28-30-17/h1-9,15,19,27,31H,10-11H2,(H,28,30)(H,29,33). The van der Waals surface area contributed by atoms with Gasteiger partial charge in [-0.15, -0.1) is 8.78 Å². The van der Waals surface area contributed by atoms with Gasteiger partial charge in [0.25, 0.3) is 5.91 Å². The first-order valence-electron chi connectivity index (χ1n) is 10.4. The van der Waals surface area contributed by atoms with Gasteiger partial charge in [-0.2, -0.15) is 5.10 Å². The molecule has 2 aromatic carbocycles. The van der Waals surface area contributed by atoms with Crippen LogP contribution in [0.3, 0.4) is 0 Å². The van der Waals surface area contributed by atoms with Crippen LogP contribution in [0.5, 0.6) is 5.75 Å². The molecule has 5 rings (SSSR count). The highest BCUT2D eigenvalue weighted by Crippen LogP contribution is 2.50. The summed E-state index contributed by atoms with van der Waals surface area (Å²) in [6.45, 7) is 0.320. The van der Waals surface area contributed by atoms with E-state index >= 15 is 0 Å². The van der Waals surface area contributed by atoms with Crippen LogP contribution < -0.4 is 15.4 Å². The lowest BCUT2D eigenvalue weighted by Crippen LogP contribution is -2.36. The van der Waals surface area contributed by atoms with Gasteiger partial charge in [-0.3, -0.25) is 14.7 Å². The molecule has 11 heteroatoms. The number of aliphatic hydroxyl groups excluding tert-OH is 1. The molecule has 1 aliphatic heterocycles. The quantitative estimate of drug-likeness (QED) is 0.408. The van der Waals surface area contributed by atoms with Gasteiger partial charge in [-0.05, 0) is 54.4 Å². The molecule has 1 spiro atoms. The Kier molecular flexibility index (Phi) is 5.29. The fourth-order valence-corrected chi connectivity index (χ4v) is 4.83. The van der Waals surface area contributed by atoms with Crippen LogP contribution in [0.2, 0.25) is 0 Å². The molecule has 1 fully saturated rings. The Morgan fingerprint density at radius 3 is 2.68 bits per heavy atom. The Morgan fingerprint density at radius 2 is 2.00 bits per heavy atom. The van der Waals surface area contributed by atoms with E-state index in [9.17, 15) is 23.5 Å². The Bertz CT molecular complexity index is 1250. The zero-order valence-corrected chi connectivity index (χ0v) is 18.3. The number of hydrogen-bond donors (Lipinski definition) is 4. The van der Waals surface area contributed by atoms with Crippen molar-refractivity contribution in [3.05, 3.63) is 71.5 Å². The van der Waals surface area contributed by atoms with Gasteiger partial charge in [0, 0.05) is 52.9 Å². The zero-order chi connectivity index (χ0) is 24.1. The molecule has 176 valence electrons. The van der Waals surface area contributed by atoms with Crippen molar-refractivity contribution in [1.82, 2.24) is 10.2 Å². The molecule has 4 N–H and O–H groups in total. The SMILES string of the molecule is O=C(Nc1ccc(OC(F)(F)Cl)cc1)c1ccc2c(c1)NCC21CC(c2ccn[nH]2)C(O)C1=O. The van der Waals surface area contributed by atoms with Crippen molar-refractivity contribution in [2.45, 2.75) is 29.4 Å². The number of carbonyl (C=O) groups is 2. The van der Waals surface area contributed by atoms with E-state index in [2.05, 4.69) is 25.6 Å². The molecule has 1 aromatic heterocycles. The minimum atomic E-state index is -3.82. The van der Waals surface area contributed by atoms with Crippen LogP contribution in [0, 0.1) is 0 Å². The third-order valence-electron chi connectivity index (χ3n) is 6.34. The highest BCUT2D eigenvalue weighted by molar-refractivity contribution is 6.20. The predicted molar refractivity (Wildman–Crippen MR) is 119 cm³/mol. The highest BCUT2D eigenvalue weighted by Gasteiger charge is 2.57. The third kappa shape index (κ3) is 3.88. The lowest BCUT2D eigenvalue weighted by molar-refractivity contribution is -0.128. The second-order valence-electron chi connectivity index (χ2n) is 8.35. The smallest absolute Gasteiger partial charge is 0.420 e. The van der Waals surface area contributed by atoms with Gasteiger partial charge in [-0.1, -0.05) is 6.07 Å². The number of carbonyl (C=O) groups excluding carboxylic acids is 2. The fourth-order valence-electron chi connectivity index (χ4n) is 4.74. The summed E-state index contributed by atoms with van der Waals surface area (Å²) in [5, 5.41) is 23.3. The molecule has 34 heavy (non-hydrogen) atoms. The van der Waals surface area contributed by atoms with E-state index in [0.29, 0.717) is 35.6 Å². The highest BCUT2D eigenvalue weighted by atomic mass is 35.5. The van der Waals surface area contributed by atoms with Crippen molar-refractivity contribution >= 4 is 34.7 Å². The average molecular weight is 489 g/mol. The van der Waals surface area contributed by atoms with Crippen molar-refractivity contribution in [3.63, 3.8) is 0 Å². The molecule has 3 unspecified atom stereocenters. The van der Waals surface area contributed by atoms with Gasteiger partial charge in [0.2, 0.25) is 0 Å². The lowest BCUT2D eigenvalue weighted by Gasteiger charge is -2.21. The summed E-state index contributed by atoms with van der Waals surface area (Å²) < 4.78 is 29.7. The summed E-state index contributed by atoms with van der Waals surface area (Å²) in [5.41, 5.74) is -1.92. The van der Waals surface area contributed by atoms with Crippen LogP contribution in [-0.2, 0) is 10.2 Å². The Labute approximate surface area is 197 Å². The number of amides is 1. The number of aromatic amines is 1. The number of nitrogens with one attached hydrogen (secondary N) is 3. The number of rotatable bonds is 5. The van der Waals surface area contributed by atoms with Gasteiger partial charge in [-0.25, -0.2) is 0 Å². The monoisotopic (exact) mass is 488 g/mol. The molecule has 1 amide bonds. The topological polar surface area (TPSA) is 116 Å². The summed E-state index contributed by atoms with van der Waals surface area (Å²) in [6, 6.07) is 12.1. The van der Waals surface area contributed by atoms with Crippen molar-refractivity contribution in [3.8, 4) is 5.75 Å². The van der Waals surface area contributed by atoms with E-state index in [1.54, 1.807) is 30.5 Å². The number of hydrogen-bond acceptors (Lipinski definition) is 6. The minimum Gasteiger partial charge on any atom is -0.420 e. The van der Waals surface area contributed by atoms with Crippen LogP contribution >= 0.6 is 11.6 Å². The third-order valence-corrected chi connectivity index (χ3v) is 6.41. The minimum absolute atomic E-state index is 0.151. The maximum atomic E-state index is 13.1. The first-order valence-corrected chi connectivity index (χ1v) is 10.8. The second kappa shape index (κ2) is 8.07. The average Bonchev–Trinajstić information content (AvgIpc) is 3.50. The fraction of sp³-hybridized carbons (Fsp3) is 0.261. The number of ether oxygens (including phenoxy) is 1. The largest absolute Gasteiger partial charge is 0.487 e. The number of aliphatic hydroxyl groups is 1.